The second kappa shape index (κ2) is 13.2. The fraction of sp³-hybridized carbons (Fsp3) is 0.909. The smallest absolute Gasteiger partial charge is 0.132 e. The number of alkyl halides is 2. The standard InChI is InChI=1S/C7H16.C4H6Cl2O/c1-3-5-7-6-4-2;1-3(7)2-4(5)6/h3-7H2,1-2H3;4H,2H2,1H3. The SMILES string of the molecule is CC(=O)CC(Cl)Cl.CCCCCCC. The summed E-state index contributed by atoms with van der Waals surface area (Å²) in [5, 5.41) is 0. The second-order valence-corrected chi connectivity index (χ2v) is 4.63. The molecule has 3 heteroatoms. The molecule has 0 heterocycles. The van der Waals surface area contributed by atoms with Crippen LogP contribution >= 0.6 is 23.2 Å². The quantitative estimate of drug-likeness (QED) is 0.484. The Balaban J connectivity index is 0. The highest BCUT2D eigenvalue weighted by Crippen LogP contribution is 2.05. The molecule has 0 atom stereocenters. The van der Waals surface area contributed by atoms with Gasteiger partial charge in [0.25, 0.3) is 0 Å². The van der Waals surface area contributed by atoms with Crippen LogP contribution in [0.4, 0.5) is 0 Å². The maximum absolute atomic E-state index is 10.1. The number of rotatable bonds is 6. The lowest BCUT2D eigenvalue weighted by Gasteiger charge is -1.90. The van der Waals surface area contributed by atoms with Gasteiger partial charge in [-0.3, -0.25) is 4.79 Å². The summed E-state index contributed by atoms with van der Waals surface area (Å²) in [4.78, 5) is 9.56. The van der Waals surface area contributed by atoms with Crippen molar-refractivity contribution in [2.45, 2.75) is 64.1 Å². The normalized spacial score (nSPS) is 9.57. The Labute approximate surface area is 98.2 Å². The lowest BCUT2D eigenvalue weighted by molar-refractivity contribution is -0.116. The zero-order valence-corrected chi connectivity index (χ0v) is 11.0. The molecule has 0 unspecified atom stereocenters. The van der Waals surface area contributed by atoms with E-state index in [0.29, 0.717) is 0 Å². The Morgan fingerprint density at radius 3 is 1.64 bits per heavy atom. The van der Waals surface area contributed by atoms with Crippen molar-refractivity contribution in [3.63, 3.8) is 0 Å². The molecule has 0 spiro atoms. The van der Waals surface area contributed by atoms with Crippen LogP contribution in [0.1, 0.15) is 59.3 Å². The topological polar surface area (TPSA) is 17.1 Å². The van der Waals surface area contributed by atoms with Crippen LogP contribution in [0.15, 0.2) is 0 Å². The van der Waals surface area contributed by atoms with Crippen molar-refractivity contribution in [2.75, 3.05) is 0 Å². The molecule has 0 N–H and O–H groups in total. The van der Waals surface area contributed by atoms with E-state index in [1.54, 1.807) is 0 Å². The van der Waals surface area contributed by atoms with Crippen LogP contribution in [0.5, 0.6) is 0 Å². The highest BCUT2D eigenvalue weighted by Gasteiger charge is 2.00. The third-order valence-corrected chi connectivity index (χ3v) is 1.96. The Kier molecular flexibility index (Phi) is 15.8. The molecule has 0 bridgehead atoms. The Hall–Kier alpha value is 0.250. The van der Waals surface area contributed by atoms with E-state index in [9.17, 15) is 4.79 Å². The number of carbonyl (C=O) groups excluding carboxylic acids is 1. The first-order valence-electron chi connectivity index (χ1n) is 5.32. The van der Waals surface area contributed by atoms with E-state index < -0.39 is 4.84 Å². The number of hydrogen-bond donors (Lipinski definition) is 0. The van der Waals surface area contributed by atoms with E-state index >= 15 is 0 Å². The maximum atomic E-state index is 10.1. The van der Waals surface area contributed by atoms with E-state index in [2.05, 4.69) is 13.8 Å². The van der Waals surface area contributed by atoms with Crippen molar-refractivity contribution in [2.24, 2.45) is 0 Å². The molecule has 0 saturated carbocycles. The fourth-order valence-electron chi connectivity index (χ4n) is 0.894. The molecule has 1 nitrogen and oxygen atoms in total. The molecule has 0 aliphatic heterocycles. The lowest BCUT2D eigenvalue weighted by Crippen LogP contribution is -1.95. The second-order valence-electron chi connectivity index (χ2n) is 3.36. The first kappa shape index (κ1) is 16.7. The molecule has 0 radical (unpaired) electrons. The number of halogens is 2. The molecular weight excluding hydrogens is 219 g/mol. The summed E-state index contributed by atoms with van der Waals surface area (Å²) < 4.78 is 0. The van der Waals surface area contributed by atoms with E-state index in [0.717, 1.165) is 0 Å². The van der Waals surface area contributed by atoms with Crippen molar-refractivity contribution in [3.05, 3.63) is 0 Å². The molecule has 0 aromatic heterocycles. The maximum Gasteiger partial charge on any atom is 0.132 e. The van der Waals surface area contributed by atoms with Gasteiger partial charge in [0.05, 0.1) is 0 Å². The van der Waals surface area contributed by atoms with Gasteiger partial charge in [-0.25, -0.2) is 0 Å². The Bertz CT molecular complexity index is 120. The minimum atomic E-state index is -0.530. The molecule has 0 fully saturated rings. The van der Waals surface area contributed by atoms with Crippen LogP contribution in [0.2, 0.25) is 0 Å². The molecule has 0 saturated heterocycles. The van der Waals surface area contributed by atoms with Crippen LogP contribution in [0, 0.1) is 0 Å². The molecule has 0 amide bonds. The van der Waals surface area contributed by atoms with Crippen molar-refractivity contribution in [1.29, 1.82) is 0 Å². The van der Waals surface area contributed by atoms with Gasteiger partial charge in [0.15, 0.2) is 0 Å². The molecule has 86 valence electrons. The van der Waals surface area contributed by atoms with Crippen molar-refractivity contribution < 1.29 is 4.79 Å². The van der Waals surface area contributed by atoms with Gasteiger partial charge in [0.2, 0.25) is 0 Å². The van der Waals surface area contributed by atoms with E-state index in [1.807, 2.05) is 0 Å². The minimum absolute atomic E-state index is 0.0231. The largest absolute Gasteiger partial charge is 0.300 e. The number of Topliss-reactive ketones (excluding diaryl/α,β-unsaturated/α-hetero) is 1. The third-order valence-electron chi connectivity index (χ3n) is 1.65. The lowest BCUT2D eigenvalue weighted by atomic mass is 10.2. The van der Waals surface area contributed by atoms with E-state index in [1.165, 1.54) is 39.0 Å². The molecule has 0 rings (SSSR count). The van der Waals surface area contributed by atoms with Gasteiger partial charge in [-0.15, -0.1) is 23.2 Å². The number of unbranched alkanes of at least 4 members (excludes halogenated alkanes) is 4. The Morgan fingerprint density at radius 2 is 1.50 bits per heavy atom. The zero-order chi connectivity index (χ0) is 11.4. The summed E-state index contributed by atoms with van der Waals surface area (Å²) in [6.07, 6.45) is 7.26. The molecule has 14 heavy (non-hydrogen) atoms. The predicted octanol–water partition coefficient (Wildman–Crippen LogP) is 4.75. The molecule has 0 aromatic rings. The molecule has 0 aliphatic rings. The third kappa shape index (κ3) is 22.8. The highest BCUT2D eigenvalue weighted by atomic mass is 35.5. The minimum Gasteiger partial charge on any atom is -0.300 e. The zero-order valence-electron chi connectivity index (χ0n) is 9.48. The molecule has 0 aliphatic carbocycles. The van der Waals surface area contributed by atoms with Crippen molar-refractivity contribution in [1.82, 2.24) is 0 Å². The highest BCUT2D eigenvalue weighted by molar-refractivity contribution is 6.45. The predicted molar refractivity (Wildman–Crippen MR) is 65.2 cm³/mol. The van der Waals surface area contributed by atoms with Gasteiger partial charge in [-0.1, -0.05) is 46.0 Å². The van der Waals surface area contributed by atoms with Crippen molar-refractivity contribution >= 4 is 29.0 Å². The van der Waals surface area contributed by atoms with Crippen LogP contribution in [-0.2, 0) is 4.79 Å². The average molecular weight is 241 g/mol. The van der Waals surface area contributed by atoms with Gasteiger partial charge >= 0.3 is 0 Å². The fourth-order valence-corrected chi connectivity index (χ4v) is 1.33. The van der Waals surface area contributed by atoms with E-state index in [-0.39, 0.29) is 12.2 Å². The summed E-state index contributed by atoms with van der Waals surface area (Å²) in [7, 11) is 0. The molecule has 0 aromatic carbocycles. The van der Waals surface area contributed by atoms with Crippen LogP contribution in [0.25, 0.3) is 0 Å². The van der Waals surface area contributed by atoms with Crippen LogP contribution in [-0.4, -0.2) is 10.6 Å². The van der Waals surface area contributed by atoms with Gasteiger partial charge < -0.3 is 0 Å². The average Bonchev–Trinajstić information content (AvgIpc) is 2.04. The first-order valence-corrected chi connectivity index (χ1v) is 6.19. The number of hydrogen-bond acceptors (Lipinski definition) is 1. The number of carbonyl (C=O) groups is 1. The van der Waals surface area contributed by atoms with Gasteiger partial charge in [0.1, 0.15) is 10.6 Å². The summed E-state index contributed by atoms with van der Waals surface area (Å²) in [6.45, 7) is 5.95. The summed E-state index contributed by atoms with van der Waals surface area (Å²) in [5.74, 6) is 0.0231. The summed E-state index contributed by atoms with van der Waals surface area (Å²) in [5.41, 5.74) is 0. The summed E-state index contributed by atoms with van der Waals surface area (Å²) >= 11 is 10.4. The monoisotopic (exact) mass is 240 g/mol. The van der Waals surface area contributed by atoms with Gasteiger partial charge in [0, 0.05) is 6.42 Å². The molecular formula is C11H22Cl2O. The van der Waals surface area contributed by atoms with Crippen LogP contribution in [0.3, 0.4) is 0 Å². The first-order chi connectivity index (χ1) is 6.54. The summed E-state index contributed by atoms with van der Waals surface area (Å²) in [6, 6.07) is 0. The van der Waals surface area contributed by atoms with Gasteiger partial charge in [-0.05, 0) is 6.92 Å². The number of ketones is 1. The van der Waals surface area contributed by atoms with Gasteiger partial charge in [-0.2, -0.15) is 0 Å². The Morgan fingerprint density at radius 1 is 1.07 bits per heavy atom. The van der Waals surface area contributed by atoms with E-state index in [4.69, 9.17) is 23.2 Å². The van der Waals surface area contributed by atoms with Crippen molar-refractivity contribution in [3.8, 4) is 0 Å². The van der Waals surface area contributed by atoms with Crippen LogP contribution < -0.4 is 0 Å².